The molecular weight excluding hydrogens is 174 g/mol. The van der Waals surface area contributed by atoms with Crippen LogP contribution in [0.4, 0.5) is 0 Å². The van der Waals surface area contributed by atoms with E-state index in [1.54, 1.807) is 25.6 Å². The van der Waals surface area contributed by atoms with Gasteiger partial charge in [0, 0.05) is 12.2 Å². The van der Waals surface area contributed by atoms with E-state index in [0.717, 1.165) is 11.6 Å². The Bertz CT molecular complexity index is 186. The number of rotatable bonds is 3. The van der Waals surface area contributed by atoms with Crippen LogP contribution in [0.25, 0.3) is 0 Å². The summed E-state index contributed by atoms with van der Waals surface area (Å²) < 4.78 is 0. The van der Waals surface area contributed by atoms with E-state index in [-0.39, 0.29) is 6.61 Å². The number of hydrogen-bond donors (Lipinski definition) is 2. The van der Waals surface area contributed by atoms with Crippen molar-refractivity contribution in [3.8, 4) is 0 Å². The molecule has 0 fully saturated rings. The van der Waals surface area contributed by atoms with Crippen LogP contribution in [0.2, 0.25) is 0 Å². The van der Waals surface area contributed by atoms with Gasteiger partial charge in [-0.3, -0.25) is 0 Å². The minimum absolute atomic E-state index is 0.0586. The molecule has 70 valence electrons. The fraction of sp³-hybridized carbons (Fsp3) is 0.750. The van der Waals surface area contributed by atoms with Gasteiger partial charge >= 0.3 is 0 Å². The van der Waals surface area contributed by atoms with Gasteiger partial charge in [-0.05, 0) is 19.3 Å². The smallest absolute Gasteiger partial charge is 0.0835 e. The third-order valence-corrected chi connectivity index (χ3v) is 2.50. The van der Waals surface area contributed by atoms with Gasteiger partial charge in [0.25, 0.3) is 0 Å². The minimum atomic E-state index is -0.695. The van der Waals surface area contributed by atoms with E-state index in [2.05, 4.69) is 0 Å². The largest absolute Gasteiger partial charge is 0.390 e. The van der Waals surface area contributed by atoms with Crippen LogP contribution >= 0.6 is 11.8 Å². The Morgan fingerprint density at radius 1 is 1.67 bits per heavy atom. The summed E-state index contributed by atoms with van der Waals surface area (Å²) in [6.45, 7) is 4.17. The van der Waals surface area contributed by atoms with Crippen molar-refractivity contribution in [2.75, 3.05) is 19.0 Å². The van der Waals surface area contributed by atoms with Crippen LogP contribution in [0.1, 0.15) is 13.8 Å². The van der Waals surface area contributed by atoms with Gasteiger partial charge in [-0.2, -0.15) is 0 Å². The summed E-state index contributed by atoms with van der Waals surface area (Å²) in [5.41, 5.74) is 0.209. The van der Waals surface area contributed by atoms with Crippen molar-refractivity contribution >= 4 is 11.8 Å². The van der Waals surface area contributed by atoms with Gasteiger partial charge in [-0.1, -0.05) is 0 Å². The highest BCUT2D eigenvalue weighted by molar-refractivity contribution is 8.02. The second kappa shape index (κ2) is 3.68. The maximum Gasteiger partial charge on any atom is 0.0835 e. The van der Waals surface area contributed by atoms with E-state index in [0.29, 0.717) is 6.54 Å². The zero-order valence-electron chi connectivity index (χ0n) is 7.45. The molecule has 0 aliphatic carbocycles. The first kappa shape index (κ1) is 9.89. The molecule has 1 aliphatic rings. The number of hydrogen-bond acceptors (Lipinski definition) is 4. The molecule has 12 heavy (non-hydrogen) atoms. The summed E-state index contributed by atoms with van der Waals surface area (Å²) in [7, 11) is 0. The lowest BCUT2D eigenvalue weighted by Gasteiger charge is -2.27. The van der Waals surface area contributed by atoms with Gasteiger partial charge in [0.2, 0.25) is 0 Å². The van der Waals surface area contributed by atoms with Crippen LogP contribution < -0.4 is 0 Å². The Labute approximate surface area is 77.1 Å². The van der Waals surface area contributed by atoms with Crippen LogP contribution in [-0.4, -0.2) is 39.7 Å². The van der Waals surface area contributed by atoms with Gasteiger partial charge < -0.3 is 15.1 Å². The Balaban J connectivity index is 2.49. The molecule has 0 aromatic heterocycles. The minimum Gasteiger partial charge on any atom is -0.390 e. The third-order valence-electron chi connectivity index (χ3n) is 1.60. The molecule has 0 aromatic rings. The van der Waals surface area contributed by atoms with Crippen molar-refractivity contribution in [1.82, 2.24) is 4.90 Å². The quantitative estimate of drug-likeness (QED) is 0.682. The van der Waals surface area contributed by atoms with Gasteiger partial charge in [-0.15, -0.1) is 11.8 Å². The molecule has 0 atom stereocenters. The average molecular weight is 189 g/mol. The summed E-state index contributed by atoms with van der Waals surface area (Å²) in [6.07, 6.45) is 0. The summed E-state index contributed by atoms with van der Waals surface area (Å²) in [5, 5.41) is 20.4. The lowest BCUT2D eigenvalue weighted by Crippen LogP contribution is -2.37. The van der Waals surface area contributed by atoms with Crippen molar-refractivity contribution in [1.29, 1.82) is 0 Å². The normalized spacial score (nSPS) is 18.3. The highest BCUT2D eigenvalue weighted by Gasteiger charge is 2.22. The molecule has 0 bridgehead atoms. The molecule has 0 radical (unpaired) electrons. The molecule has 0 saturated carbocycles. The molecule has 0 amide bonds. The number of β-amino-alcohol motifs (C(OH)–C–C–N with tert-alkyl or cyclic N) is 1. The predicted molar refractivity (Wildman–Crippen MR) is 50.6 cm³/mol. The van der Waals surface area contributed by atoms with E-state index in [4.69, 9.17) is 5.11 Å². The molecular formula is C8H15NO2S. The first-order valence-corrected chi connectivity index (χ1v) is 4.96. The Morgan fingerprint density at radius 2 is 2.33 bits per heavy atom. The second-order valence-corrected chi connectivity index (χ2v) is 4.40. The molecule has 0 saturated heterocycles. The molecule has 1 rings (SSSR count). The van der Waals surface area contributed by atoms with Crippen molar-refractivity contribution in [3.05, 3.63) is 11.1 Å². The fourth-order valence-electron chi connectivity index (χ4n) is 1.13. The molecule has 4 heteroatoms. The zero-order chi connectivity index (χ0) is 9.19. The lowest BCUT2D eigenvalue weighted by atomic mass is 10.1. The zero-order valence-corrected chi connectivity index (χ0v) is 8.27. The SMILES string of the molecule is CC(C)(O)CN1CSC=C1CO. The van der Waals surface area contributed by atoms with E-state index >= 15 is 0 Å². The van der Waals surface area contributed by atoms with E-state index in [1.807, 2.05) is 10.3 Å². The van der Waals surface area contributed by atoms with Crippen LogP contribution in [0.3, 0.4) is 0 Å². The lowest BCUT2D eigenvalue weighted by molar-refractivity contribution is 0.0498. The van der Waals surface area contributed by atoms with Gasteiger partial charge in [0.05, 0.1) is 18.1 Å². The van der Waals surface area contributed by atoms with E-state index in [9.17, 15) is 5.11 Å². The topological polar surface area (TPSA) is 43.7 Å². The molecule has 0 unspecified atom stereocenters. The number of aliphatic hydroxyl groups excluding tert-OH is 1. The summed E-state index contributed by atoms with van der Waals surface area (Å²) in [4.78, 5) is 1.99. The Morgan fingerprint density at radius 3 is 2.83 bits per heavy atom. The first-order chi connectivity index (χ1) is 5.53. The van der Waals surface area contributed by atoms with Crippen molar-refractivity contribution in [2.24, 2.45) is 0 Å². The Hall–Kier alpha value is -0.190. The highest BCUT2D eigenvalue weighted by atomic mass is 32.2. The second-order valence-electron chi connectivity index (χ2n) is 3.57. The number of aliphatic hydroxyl groups is 2. The predicted octanol–water partition coefficient (Wildman–Crippen LogP) is 0.597. The molecule has 0 spiro atoms. The van der Waals surface area contributed by atoms with E-state index < -0.39 is 5.60 Å². The van der Waals surface area contributed by atoms with Gasteiger partial charge in [0.1, 0.15) is 0 Å². The summed E-state index contributed by atoms with van der Waals surface area (Å²) in [5.74, 6) is 0.833. The van der Waals surface area contributed by atoms with Crippen LogP contribution in [0, 0.1) is 0 Å². The van der Waals surface area contributed by atoms with Gasteiger partial charge in [-0.25, -0.2) is 0 Å². The molecule has 1 aliphatic heterocycles. The van der Waals surface area contributed by atoms with Crippen molar-refractivity contribution < 1.29 is 10.2 Å². The molecule has 3 nitrogen and oxygen atoms in total. The van der Waals surface area contributed by atoms with Crippen LogP contribution in [-0.2, 0) is 0 Å². The maximum absolute atomic E-state index is 9.53. The van der Waals surface area contributed by atoms with Crippen LogP contribution in [0.5, 0.6) is 0 Å². The fourth-order valence-corrected chi connectivity index (χ4v) is 2.06. The highest BCUT2D eigenvalue weighted by Crippen LogP contribution is 2.24. The number of nitrogens with zero attached hydrogens (tertiary/aromatic N) is 1. The summed E-state index contributed by atoms with van der Waals surface area (Å²) in [6, 6.07) is 0. The van der Waals surface area contributed by atoms with Crippen LogP contribution in [0.15, 0.2) is 11.1 Å². The Kier molecular flexibility index (Phi) is 3.04. The maximum atomic E-state index is 9.53. The monoisotopic (exact) mass is 189 g/mol. The molecule has 2 N–H and O–H groups in total. The van der Waals surface area contributed by atoms with E-state index in [1.165, 1.54) is 0 Å². The summed E-state index contributed by atoms with van der Waals surface area (Å²) >= 11 is 1.65. The molecule has 0 aromatic carbocycles. The standard InChI is InChI=1S/C8H15NO2S/c1-8(2,11)5-9-6-12-4-7(9)3-10/h4,10-11H,3,5-6H2,1-2H3. The number of thioether (sulfide) groups is 1. The molecule has 1 heterocycles. The van der Waals surface area contributed by atoms with Crippen molar-refractivity contribution in [2.45, 2.75) is 19.4 Å². The van der Waals surface area contributed by atoms with Gasteiger partial charge in [0.15, 0.2) is 0 Å². The van der Waals surface area contributed by atoms with Crippen molar-refractivity contribution in [3.63, 3.8) is 0 Å². The third kappa shape index (κ3) is 2.69. The average Bonchev–Trinajstić information content (AvgIpc) is 2.31. The first-order valence-electron chi connectivity index (χ1n) is 3.92.